The molecule has 1 aliphatic rings. The van der Waals surface area contributed by atoms with Gasteiger partial charge in [0.15, 0.2) is 0 Å². The summed E-state index contributed by atoms with van der Waals surface area (Å²) in [6.07, 6.45) is 3.01. The van der Waals surface area contributed by atoms with Crippen molar-refractivity contribution >= 4 is 46.7 Å². The summed E-state index contributed by atoms with van der Waals surface area (Å²) in [6, 6.07) is 8.36. The molecule has 1 aromatic rings. The Morgan fingerprint density at radius 3 is 2.58 bits per heavy atom. The van der Waals surface area contributed by atoms with E-state index in [2.05, 4.69) is 5.32 Å². The Bertz CT molecular complexity index is 560. The van der Waals surface area contributed by atoms with E-state index in [0.29, 0.717) is 12.8 Å². The van der Waals surface area contributed by atoms with E-state index in [1.54, 1.807) is 0 Å². The third-order valence-electron chi connectivity index (χ3n) is 4.09. The summed E-state index contributed by atoms with van der Waals surface area (Å²) in [7, 11) is 0. The fourth-order valence-electron chi connectivity index (χ4n) is 2.84. The molecule has 4 nitrogen and oxygen atoms in total. The first kappa shape index (κ1) is 19.4. The van der Waals surface area contributed by atoms with Crippen LogP contribution >= 0.6 is 34.8 Å². The topological polar surface area (TPSA) is 55.4 Å². The van der Waals surface area contributed by atoms with Crippen molar-refractivity contribution in [2.24, 2.45) is 5.92 Å². The van der Waals surface area contributed by atoms with E-state index >= 15 is 0 Å². The van der Waals surface area contributed by atoms with Crippen molar-refractivity contribution in [2.75, 3.05) is 0 Å². The fourth-order valence-corrected chi connectivity index (χ4v) is 3.46. The molecular weight excluding hydrogens is 373 g/mol. The van der Waals surface area contributed by atoms with Crippen LogP contribution in [0.4, 0.5) is 4.79 Å². The first-order valence-electron chi connectivity index (χ1n) is 7.94. The lowest BCUT2D eigenvalue weighted by Gasteiger charge is -2.31. The molecule has 0 aliphatic heterocycles. The molecule has 2 atom stereocenters. The number of nitrogens with one attached hydrogen (secondary N) is 1. The quantitative estimate of drug-likeness (QED) is 0.591. The Balaban J connectivity index is 2.00. The zero-order valence-corrected chi connectivity index (χ0v) is 15.4. The Kier molecular flexibility index (Phi) is 7.20. The number of benzene rings is 1. The van der Waals surface area contributed by atoms with Gasteiger partial charge in [-0.2, -0.15) is 0 Å². The number of ether oxygens (including phenoxy) is 1. The average Bonchev–Trinajstić information content (AvgIpc) is 2.75. The van der Waals surface area contributed by atoms with Gasteiger partial charge in [0.25, 0.3) is 0 Å². The summed E-state index contributed by atoms with van der Waals surface area (Å²) in [5.74, 6) is -0.489. The molecule has 0 bridgehead atoms. The predicted octanol–water partition coefficient (Wildman–Crippen LogP) is 4.80. The molecular formula is C17H20Cl3NO3. The van der Waals surface area contributed by atoms with Crippen LogP contribution in [0.2, 0.25) is 0 Å². The van der Waals surface area contributed by atoms with E-state index in [1.807, 2.05) is 30.3 Å². The number of carbonyl (C=O) groups excluding carboxylic acids is 2. The normalized spacial score (nSPS) is 20.1. The molecule has 2 rings (SSSR count). The van der Waals surface area contributed by atoms with E-state index in [1.165, 1.54) is 0 Å². The number of amides is 1. The number of alkyl carbamates (subject to hydrolysis) is 1. The van der Waals surface area contributed by atoms with E-state index in [9.17, 15) is 9.59 Å². The minimum atomic E-state index is -1.78. The van der Waals surface area contributed by atoms with E-state index in [0.717, 1.165) is 24.8 Å². The van der Waals surface area contributed by atoms with Crippen molar-refractivity contribution in [3.05, 3.63) is 35.9 Å². The van der Waals surface area contributed by atoms with Crippen LogP contribution in [0.5, 0.6) is 0 Å². The number of halogens is 3. The zero-order valence-electron chi connectivity index (χ0n) is 13.1. The lowest BCUT2D eigenvalue weighted by atomic mass is 9.91. The minimum Gasteiger partial charge on any atom is -0.445 e. The molecule has 1 amide bonds. The first-order valence-corrected chi connectivity index (χ1v) is 9.08. The van der Waals surface area contributed by atoms with E-state index in [4.69, 9.17) is 39.5 Å². The fraction of sp³-hybridized carbons (Fsp3) is 0.529. The molecule has 132 valence electrons. The smallest absolute Gasteiger partial charge is 0.407 e. The monoisotopic (exact) mass is 391 g/mol. The van der Waals surface area contributed by atoms with Gasteiger partial charge in [-0.1, -0.05) is 78.0 Å². The first-order chi connectivity index (χ1) is 11.4. The van der Waals surface area contributed by atoms with E-state index in [-0.39, 0.29) is 12.4 Å². The second-order valence-electron chi connectivity index (χ2n) is 5.90. The average molecular weight is 393 g/mol. The van der Waals surface area contributed by atoms with Crippen molar-refractivity contribution in [3.63, 3.8) is 0 Å². The zero-order chi connectivity index (χ0) is 17.6. The van der Waals surface area contributed by atoms with Crippen molar-refractivity contribution in [3.8, 4) is 0 Å². The number of ketones is 1. The standard InChI is InChI=1S/C17H20Cl3NO3/c18-17(19,20)15(13-9-5-2-6-10-14(13)22)21-16(23)24-11-12-7-3-1-4-8-12/h1,3-4,7-8,13,15H,2,5-6,9-11H2,(H,21,23)/t13-,15-/m1/s1. The van der Waals surface area contributed by atoms with Crippen LogP contribution in [0, 0.1) is 5.92 Å². The second kappa shape index (κ2) is 8.93. The molecule has 1 aromatic carbocycles. The van der Waals surface area contributed by atoms with Gasteiger partial charge in [0, 0.05) is 12.3 Å². The molecule has 24 heavy (non-hydrogen) atoms. The Morgan fingerprint density at radius 1 is 1.21 bits per heavy atom. The Hall–Kier alpha value is -0.970. The lowest BCUT2D eigenvalue weighted by Crippen LogP contribution is -2.51. The molecule has 1 fully saturated rings. The van der Waals surface area contributed by atoms with Crippen LogP contribution in [0.3, 0.4) is 0 Å². The highest BCUT2D eigenvalue weighted by molar-refractivity contribution is 6.68. The maximum atomic E-state index is 12.3. The largest absolute Gasteiger partial charge is 0.445 e. The molecule has 0 saturated heterocycles. The van der Waals surface area contributed by atoms with Crippen LogP contribution in [0.25, 0.3) is 0 Å². The molecule has 0 heterocycles. The van der Waals surface area contributed by atoms with E-state index < -0.39 is 21.8 Å². The summed E-state index contributed by atoms with van der Waals surface area (Å²) in [4.78, 5) is 24.4. The molecule has 0 aromatic heterocycles. The highest BCUT2D eigenvalue weighted by Gasteiger charge is 2.43. The Labute approximate surface area is 156 Å². The summed E-state index contributed by atoms with van der Waals surface area (Å²) in [5.41, 5.74) is 0.851. The third kappa shape index (κ3) is 5.83. The number of alkyl halides is 3. The van der Waals surface area contributed by atoms with Gasteiger partial charge in [-0.3, -0.25) is 4.79 Å². The van der Waals surface area contributed by atoms with Gasteiger partial charge in [-0.15, -0.1) is 0 Å². The third-order valence-corrected chi connectivity index (χ3v) is 4.80. The van der Waals surface area contributed by atoms with Crippen LogP contribution in [0.15, 0.2) is 30.3 Å². The van der Waals surface area contributed by atoms with Crippen LogP contribution in [-0.2, 0) is 16.1 Å². The predicted molar refractivity (Wildman–Crippen MR) is 95.4 cm³/mol. The number of Topliss-reactive ketones (excluding diaryl/α,β-unsaturated/α-hetero) is 1. The van der Waals surface area contributed by atoms with Gasteiger partial charge in [-0.25, -0.2) is 4.79 Å². The van der Waals surface area contributed by atoms with Crippen LogP contribution in [0.1, 0.15) is 37.7 Å². The summed E-state index contributed by atoms with van der Waals surface area (Å²) in [6.45, 7) is 0.109. The Morgan fingerprint density at radius 2 is 1.92 bits per heavy atom. The van der Waals surface area contributed by atoms with Gasteiger partial charge < -0.3 is 10.1 Å². The second-order valence-corrected chi connectivity index (χ2v) is 8.27. The van der Waals surface area contributed by atoms with Crippen LogP contribution in [-0.4, -0.2) is 21.7 Å². The molecule has 0 spiro atoms. The van der Waals surface area contributed by atoms with Crippen molar-refractivity contribution in [1.29, 1.82) is 0 Å². The van der Waals surface area contributed by atoms with Crippen LogP contribution < -0.4 is 5.32 Å². The SMILES string of the molecule is O=C(N[C@H]([C@@H]1CCCCCC1=O)C(Cl)(Cl)Cl)OCc1ccccc1. The molecule has 1 N–H and O–H groups in total. The number of rotatable bonds is 4. The minimum absolute atomic E-state index is 0.0205. The van der Waals surface area contributed by atoms with Gasteiger partial charge in [0.1, 0.15) is 12.4 Å². The highest BCUT2D eigenvalue weighted by Crippen LogP contribution is 2.37. The molecule has 1 aliphatic carbocycles. The summed E-state index contributed by atoms with van der Waals surface area (Å²) >= 11 is 18.1. The number of carbonyl (C=O) groups is 2. The summed E-state index contributed by atoms with van der Waals surface area (Å²) in [5, 5.41) is 2.58. The van der Waals surface area contributed by atoms with Gasteiger partial charge in [-0.05, 0) is 18.4 Å². The molecule has 0 unspecified atom stereocenters. The molecule has 7 heteroatoms. The maximum Gasteiger partial charge on any atom is 0.407 e. The summed E-state index contributed by atoms with van der Waals surface area (Å²) < 4.78 is 3.39. The lowest BCUT2D eigenvalue weighted by molar-refractivity contribution is -0.123. The number of hydrogen-bond acceptors (Lipinski definition) is 3. The highest BCUT2D eigenvalue weighted by atomic mass is 35.6. The molecule has 1 saturated carbocycles. The van der Waals surface area contributed by atoms with Crippen molar-refractivity contribution in [1.82, 2.24) is 5.32 Å². The van der Waals surface area contributed by atoms with Gasteiger partial charge in [0.2, 0.25) is 3.79 Å². The van der Waals surface area contributed by atoms with Crippen molar-refractivity contribution < 1.29 is 14.3 Å². The van der Waals surface area contributed by atoms with Gasteiger partial charge in [0.05, 0.1) is 6.04 Å². The number of hydrogen-bond donors (Lipinski definition) is 1. The van der Waals surface area contributed by atoms with Gasteiger partial charge >= 0.3 is 6.09 Å². The molecule has 0 radical (unpaired) electrons. The maximum absolute atomic E-state index is 12.3. The van der Waals surface area contributed by atoms with Crippen molar-refractivity contribution in [2.45, 2.75) is 48.5 Å².